The van der Waals surface area contributed by atoms with Gasteiger partial charge in [0.15, 0.2) is 0 Å². The number of amides is 1. The van der Waals surface area contributed by atoms with Crippen LogP contribution < -0.4 is 0 Å². The lowest BCUT2D eigenvalue weighted by Gasteiger charge is -2.36. The van der Waals surface area contributed by atoms with Crippen molar-refractivity contribution >= 4 is 27.9 Å². The van der Waals surface area contributed by atoms with Gasteiger partial charge in [0.2, 0.25) is 0 Å². The summed E-state index contributed by atoms with van der Waals surface area (Å²) in [6, 6.07) is 4.22. The Morgan fingerprint density at radius 2 is 1.85 bits per heavy atom. The summed E-state index contributed by atoms with van der Waals surface area (Å²) in [5, 5.41) is 0.173. The predicted octanol–water partition coefficient (Wildman–Crippen LogP) is 2.71. The molecule has 0 saturated carbocycles. The summed E-state index contributed by atoms with van der Waals surface area (Å²) < 4.78 is 47.1. The van der Waals surface area contributed by atoms with E-state index in [9.17, 15) is 17.6 Å². The minimum atomic E-state index is -3.82. The SMILES string of the molecule is CN(Cc1c(F)cccc1Cl)S(=O)(=O)N1CCN(C(=O)OC(C)(C)C)CC1. The molecule has 7 nitrogen and oxygen atoms in total. The first-order chi connectivity index (χ1) is 12.4. The van der Waals surface area contributed by atoms with Gasteiger partial charge in [-0.25, -0.2) is 9.18 Å². The summed E-state index contributed by atoms with van der Waals surface area (Å²) in [7, 11) is -2.44. The lowest BCUT2D eigenvalue weighted by molar-refractivity contribution is 0.0190. The van der Waals surface area contributed by atoms with Crippen LogP contribution in [0, 0.1) is 5.82 Å². The highest BCUT2D eigenvalue weighted by atomic mass is 35.5. The summed E-state index contributed by atoms with van der Waals surface area (Å²) in [4.78, 5) is 13.6. The van der Waals surface area contributed by atoms with E-state index in [1.54, 1.807) is 20.8 Å². The van der Waals surface area contributed by atoms with E-state index in [1.165, 1.54) is 34.5 Å². The first-order valence-electron chi connectivity index (χ1n) is 8.54. The molecular formula is C17H25ClFN3O4S. The van der Waals surface area contributed by atoms with Crippen LogP contribution in [-0.4, -0.2) is 66.8 Å². The Hall–Kier alpha value is -1.42. The molecule has 0 N–H and O–H groups in total. The molecule has 2 rings (SSSR count). The zero-order chi connectivity index (χ0) is 20.4. The standard InChI is InChI=1S/C17H25ClFN3O4S/c1-17(2,3)26-16(23)21-8-10-22(11-9-21)27(24,25)20(4)12-13-14(18)6-5-7-15(13)19/h5-7H,8-12H2,1-4H3. The highest BCUT2D eigenvalue weighted by Crippen LogP contribution is 2.23. The molecular weight excluding hydrogens is 397 g/mol. The molecule has 1 aromatic rings. The Bertz CT molecular complexity index is 770. The van der Waals surface area contributed by atoms with Gasteiger partial charge in [0.25, 0.3) is 10.2 Å². The number of hydrogen-bond donors (Lipinski definition) is 0. The van der Waals surface area contributed by atoms with Crippen LogP contribution in [-0.2, 0) is 21.5 Å². The average molecular weight is 422 g/mol. The maximum absolute atomic E-state index is 13.9. The molecule has 1 aliphatic rings. The number of carbonyl (C=O) groups excluding carboxylic acids is 1. The molecule has 152 valence electrons. The van der Waals surface area contributed by atoms with Crippen molar-refractivity contribution in [3.05, 3.63) is 34.6 Å². The molecule has 0 aliphatic carbocycles. The molecule has 1 fully saturated rings. The van der Waals surface area contributed by atoms with Gasteiger partial charge in [-0.05, 0) is 32.9 Å². The number of halogens is 2. The number of piperazine rings is 1. The van der Waals surface area contributed by atoms with E-state index in [2.05, 4.69) is 0 Å². The third-order valence-corrected chi connectivity index (χ3v) is 6.34. The molecule has 10 heteroatoms. The van der Waals surface area contributed by atoms with Gasteiger partial charge in [-0.1, -0.05) is 17.7 Å². The molecule has 1 heterocycles. The topological polar surface area (TPSA) is 70.2 Å². The number of benzene rings is 1. The van der Waals surface area contributed by atoms with E-state index < -0.39 is 27.7 Å². The van der Waals surface area contributed by atoms with Crippen LogP contribution >= 0.6 is 11.6 Å². The summed E-state index contributed by atoms with van der Waals surface area (Å²) >= 11 is 5.98. The lowest BCUT2D eigenvalue weighted by Crippen LogP contribution is -2.54. The fourth-order valence-electron chi connectivity index (χ4n) is 2.61. The van der Waals surface area contributed by atoms with Crippen molar-refractivity contribution in [1.82, 2.24) is 13.5 Å². The molecule has 0 aromatic heterocycles. The number of hydrogen-bond acceptors (Lipinski definition) is 4. The van der Waals surface area contributed by atoms with Crippen LogP contribution in [0.4, 0.5) is 9.18 Å². The van der Waals surface area contributed by atoms with Crippen molar-refractivity contribution in [2.24, 2.45) is 0 Å². The van der Waals surface area contributed by atoms with E-state index in [-0.39, 0.29) is 43.3 Å². The summed E-state index contributed by atoms with van der Waals surface area (Å²) in [5.41, 5.74) is -0.489. The Kier molecular flexibility index (Phi) is 6.72. The normalized spacial score (nSPS) is 16.6. The molecule has 1 aliphatic heterocycles. The smallest absolute Gasteiger partial charge is 0.410 e. The largest absolute Gasteiger partial charge is 0.444 e. The average Bonchev–Trinajstić information content (AvgIpc) is 2.56. The molecule has 1 saturated heterocycles. The molecule has 0 spiro atoms. The highest BCUT2D eigenvalue weighted by molar-refractivity contribution is 7.86. The van der Waals surface area contributed by atoms with E-state index in [4.69, 9.17) is 16.3 Å². The van der Waals surface area contributed by atoms with Gasteiger partial charge in [-0.2, -0.15) is 17.0 Å². The van der Waals surface area contributed by atoms with Crippen molar-refractivity contribution in [1.29, 1.82) is 0 Å². The van der Waals surface area contributed by atoms with Crippen molar-refractivity contribution in [3.63, 3.8) is 0 Å². The number of ether oxygens (including phenoxy) is 1. The van der Waals surface area contributed by atoms with Crippen molar-refractivity contribution in [2.45, 2.75) is 32.9 Å². The first kappa shape index (κ1) is 21.9. The van der Waals surface area contributed by atoms with Crippen LogP contribution in [0.2, 0.25) is 5.02 Å². The third kappa shape index (κ3) is 5.54. The first-order valence-corrected chi connectivity index (χ1v) is 10.3. The van der Waals surface area contributed by atoms with Gasteiger partial charge in [0, 0.05) is 50.4 Å². The Morgan fingerprint density at radius 3 is 2.37 bits per heavy atom. The fraction of sp³-hybridized carbons (Fsp3) is 0.588. The maximum Gasteiger partial charge on any atom is 0.410 e. The van der Waals surface area contributed by atoms with Gasteiger partial charge in [0.1, 0.15) is 11.4 Å². The second-order valence-corrected chi connectivity index (χ2v) is 9.77. The van der Waals surface area contributed by atoms with Gasteiger partial charge >= 0.3 is 6.09 Å². The van der Waals surface area contributed by atoms with Crippen molar-refractivity contribution in [3.8, 4) is 0 Å². The predicted molar refractivity (Wildman–Crippen MR) is 101 cm³/mol. The van der Waals surface area contributed by atoms with Gasteiger partial charge < -0.3 is 9.64 Å². The van der Waals surface area contributed by atoms with Gasteiger partial charge in [0.05, 0.1) is 0 Å². The Morgan fingerprint density at radius 1 is 1.26 bits per heavy atom. The summed E-state index contributed by atoms with van der Waals surface area (Å²) in [6.45, 7) is 5.86. The molecule has 1 amide bonds. The third-order valence-electron chi connectivity index (χ3n) is 4.05. The van der Waals surface area contributed by atoms with E-state index in [0.29, 0.717) is 0 Å². The zero-order valence-corrected chi connectivity index (χ0v) is 17.5. The van der Waals surface area contributed by atoms with Gasteiger partial charge in [-0.15, -0.1) is 0 Å². The van der Waals surface area contributed by atoms with Crippen LogP contribution in [0.5, 0.6) is 0 Å². The minimum absolute atomic E-state index is 0.123. The molecule has 27 heavy (non-hydrogen) atoms. The van der Waals surface area contributed by atoms with Crippen molar-refractivity contribution in [2.75, 3.05) is 33.2 Å². The fourth-order valence-corrected chi connectivity index (χ4v) is 4.15. The number of carbonyl (C=O) groups is 1. The van der Waals surface area contributed by atoms with E-state index in [0.717, 1.165) is 4.31 Å². The lowest BCUT2D eigenvalue weighted by atomic mass is 10.2. The van der Waals surface area contributed by atoms with Crippen LogP contribution in [0.25, 0.3) is 0 Å². The van der Waals surface area contributed by atoms with Crippen molar-refractivity contribution < 1.29 is 22.3 Å². The van der Waals surface area contributed by atoms with Crippen LogP contribution in [0.1, 0.15) is 26.3 Å². The summed E-state index contributed by atoms with van der Waals surface area (Å²) in [6.07, 6.45) is -0.467. The number of rotatable bonds is 4. The van der Waals surface area contributed by atoms with Crippen LogP contribution in [0.15, 0.2) is 18.2 Å². The maximum atomic E-state index is 13.9. The van der Waals surface area contributed by atoms with E-state index in [1.807, 2.05) is 0 Å². The second kappa shape index (κ2) is 8.30. The highest BCUT2D eigenvalue weighted by Gasteiger charge is 2.33. The molecule has 0 atom stereocenters. The number of nitrogens with zero attached hydrogens (tertiary/aromatic N) is 3. The van der Waals surface area contributed by atoms with Crippen LogP contribution in [0.3, 0.4) is 0 Å². The van der Waals surface area contributed by atoms with E-state index >= 15 is 0 Å². The molecule has 0 bridgehead atoms. The zero-order valence-electron chi connectivity index (χ0n) is 15.9. The minimum Gasteiger partial charge on any atom is -0.444 e. The molecule has 0 radical (unpaired) electrons. The second-order valence-electron chi connectivity index (χ2n) is 7.33. The monoisotopic (exact) mass is 421 g/mol. The molecule has 0 unspecified atom stereocenters. The quantitative estimate of drug-likeness (QED) is 0.749. The Balaban J connectivity index is 2.01. The summed E-state index contributed by atoms with van der Waals surface area (Å²) in [5.74, 6) is -0.556. The molecule has 1 aromatic carbocycles. The van der Waals surface area contributed by atoms with Gasteiger partial charge in [-0.3, -0.25) is 0 Å². The Labute approximate surface area is 164 Å².